The first-order valence-electron chi connectivity index (χ1n) is 5.78. The summed E-state index contributed by atoms with van der Waals surface area (Å²) >= 11 is 0. The van der Waals surface area contributed by atoms with Crippen LogP contribution in [0.1, 0.15) is 44.9 Å². The minimum Gasteiger partial charge on any atom is -0.391 e. The maximum atomic E-state index is 9.95. The fourth-order valence-corrected chi connectivity index (χ4v) is 2.79. The van der Waals surface area contributed by atoms with Gasteiger partial charge in [0.1, 0.15) is 0 Å². The maximum Gasteiger partial charge on any atom is 0.0695 e. The maximum absolute atomic E-state index is 9.95. The number of nitrogens with one attached hydrogen (secondary N) is 1. The van der Waals surface area contributed by atoms with Crippen LogP contribution in [0.5, 0.6) is 0 Å². The number of rotatable bonds is 3. The smallest absolute Gasteiger partial charge is 0.0695 e. The lowest BCUT2D eigenvalue weighted by Crippen LogP contribution is -2.35. The number of aliphatic hydroxyl groups excluding tert-OH is 1. The van der Waals surface area contributed by atoms with Gasteiger partial charge in [-0.1, -0.05) is 25.7 Å². The fourth-order valence-electron chi connectivity index (χ4n) is 2.79. The lowest BCUT2D eigenvalue weighted by molar-refractivity contribution is 0.108. The number of aliphatic hydroxyl groups is 1. The van der Waals surface area contributed by atoms with E-state index in [1.54, 1.807) is 0 Å². The third kappa shape index (κ3) is 2.44. The van der Waals surface area contributed by atoms with E-state index in [2.05, 4.69) is 5.32 Å². The molecule has 0 aromatic rings. The summed E-state index contributed by atoms with van der Waals surface area (Å²) in [6.07, 6.45) is 8.85. The molecule has 2 nitrogen and oxygen atoms in total. The van der Waals surface area contributed by atoms with Crippen LogP contribution in [0.2, 0.25) is 0 Å². The highest BCUT2D eigenvalue weighted by Gasteiger charge is 2.26. The molecule has 1 aliphatic carbocycles. The zero-order valence-corrected chi connectivity index (χ0v) is 8.34. The van der Waals surface area contributed by atoms with Crippen molar-refractivity contribution >= 4 is 0 Å². The van der Waals surface area contributed by atoms with Crippen LogP contribution in [0.15, 0.2) is 0 Å². The molecule has 1 saturated carbocycles. The van der Waals surface area contributed by atoms with E-state index in [9.17, 15) is 5.11 Å². The molecule has 2 rings (SSSR count). The molecule has 1 saturated heterocycles. The molecule has 2 atom stereocenters. The van der Waals surface area contributed by atoms with Gasteiger partial charge >= 0.3 is 0 Å². The van der Waals surface area contributed by atoms with E-state index >= 15 is 0 Å². The molecule has 0 radical (unpaired) electrons. The Bertz CT molecular complexity index is 148. The molecule has 1 heterocycles. The van der Waals surface area contributed by atoms with E-state index in [-0.39, 0.29) is 6.10 Å². The summed E-state index contributed by atoms with van der Waals surface area (Å²) in [5.74, 6) is 0.817. The molecule has 0 bridgehead atoms. The summed E-state index contributed by atoms with van der Waals surface area (Å²) < 4.78 is 0. The number of hydrogen-bond acceptors (Lipinski definition) is 2. The van der Waals surface area contributed by atoms with Crippen molar-refractivity contribution in [2.75, 3.05) is 6.54 Å². The highest BCUT2D eigenvalue weighted by Crippen LogP contribution is 2.29. The van der Waals surface area contributed by atoms with E-state index < -0.39 is 0 Å². The van der Waals surface area contributed by atoms with Crippen molar-refractivity contribution < 1.29 is 5.11 Å². The van der Waals surface area contributed by atoms with Crippen molar-refractivity contribution in [3.63, 3.8) is 0 Å². The molecule has 2 N–H and O–H groups in total. The van der Waals surface area contributed by atoms with Crippen molar-refractivity contribution in [3.8, 4) is 0 Å². The van der Waals surface area contributed by atoms with Crippen molar-refractivity contribution in [1.82, 2.24) is 5.32 Å². The molecule has 76 valence electrons. The van der Waals surface area contributed by atoms with Gasteiger partial charge in [0.15, 0.2) is 0 Å². The summed E-state index contributed by atoms with van der Waals surface area (Å²) in [5, 5.41) is 13.3. The first-order chi connectivity index (χ1) is 6.36. The van der Waals surface area contributed by atoms with Gasteiger partial charge in [0.25, 0.3) is 0 Å². The monoisotopic (exact) mass is 183 g/mol. The second-order valence-electron chi connectivity index (χ2n) is 4.66. The lowest BCUT2D eigenvalue weighted by Gasteiger charge is -2.21. The van der Waals surface area contributed by atoms with E-state index in [1.807, 2.05) is 0 Å². The Kier molecular flexibility index (Phi) is 3.23. The first-order valence-corrected chi connectivity index (χ1v) is 5.78. The first kappa shape index (κ1) is 9.47. The summed E-state index contributed by atoms with van der Waals surface area (Å²) in [4.78, 5) is 0. The highest BCUT2D eigenvalue weighted by atomic mass is 16.3. The second-order valence-corrected chi connectivity index (χ2v) is 4.66. The van der Waals surface area contributed by atoms with Gasteiger partial charge in [-0.2, -0.15) is 0 Å². The predicted molar refractivity (Wildman–Crippen MR) is 53.6 cm³/mol. The normalized spacial score (nSPS) is 32.5. The Hall–Kier alpha value is -0.0800. The molecule has 2 fully saturated rings. The van der Waals surface area contributed by atoms with Crippen LogP contribution in [-0.4, -0.2) is 23.8 Å². The van der Waals surface area contributed by atoms with E-state index in [0.717, 1.165) is 18.9 Å². The topological polar surface area (TPSA) is 32.3 Å². The Balaban J connectivity index is 1.73. The molecule has 0 amide bonds. The van der Waals surface area contributed by atoms with E-state index in [1.165, 1.54) is 38.5 Å². The molecule has 2 aliphatic rings. The van der Waals surface area contributed by atoms with Crippen LogP contribution in [0.4, 0.5) is 0 Å². The van der Waals surface area contributed by atoms with Gasteiger partial charge in [-0.3, -0.25) is 0 Å². The van der Waals surface area contributed by atoms with Crippen molar-refractivity contribution in [2.45, 2.75) is 57.1 Å². The molecule has 0 spiro atoms. The van der Waals surface area contributed by atoms with Crippen LogP contribution < -0.4 is 5.32 Å². The zero-order valence-electron chi connectivity index (χ0n) is 8.34. The van der Waals surface area contributed by atoms with Gasteiger partial charge in [0.05, 0.1) is 6.10 Å². The van der Waals surface area contributed by atoms with E-state index in [4.69, 9.17) is 0 Å². The quantitative estimate of drug-likeness (QED) is 0.697. The Morgan fingerprint density at radius 3 is 2.54 bits per heavy atom. The van der Waals surface area contributed by atoms with Crippen molar-refractivity contribution in [2.24, 2.45) is 5.92 Å². The molecule has 1 aliphatic heterocycles. The summed E-state index contributed by atoms with van der Waals surface area (Å²) in [5.41, 5.74) is 0. The Morgan fingerprint density at radius 1 is 1.15 bits per heavy atom. The standard InChI is InChI=1S/C11H21NO/c13-11(10-6-3-7-12-10)8-9-4-1-2-5-9/h9-13H,1-8H2/t10-,11?/m1/s1. The van der Waals surface area contributed by atoms with E-state index in [0.29, 0.717) is 6.04 Å². The fraction of sp³-hybridized carbons (Fsp3) is 1.00. The Labute approximate surface area is 80.7 Å². The van der Waals surface area contributed by atoms with Crippen LogP contribution in [0, 0.1) is 5.92 Å². The largest absolute Gasteiger partial charge is 0.391 e. The summed E-state index contributed by atoms with van der Waals surface area (Å²) in [7, 11) is 0. The van der Waals surface area contributed by atoms with Crippen LogP contribution >= 0.6 is 0 Å². The predicted octanol–water partition coefficient (Wildman–Crippen LogP) is 1.68. The van der Waals surface area contributed by atoms with Crippen LogP contribution in [0.25, 0.3) is 0 Å². The molecular weight excluding hydrogens is 162 g/mol. The molecule has 13 heavy (non-hydrogen) atoms. The van der Waals surface area contributed by atoms with Crippen LogP contribution in [-0.2, 0) is 0 Å². The van der Waals surface area contributed by atoms with Crippen LogP contribution in [0.3, 0.4) is 0 Å². The molecular formula is C11H21NO. The summed E-state index contributed by atoms with van der Waals surface area (Å²) in [6, 6.07) is 0.403. The third-order valence-electron chi connectivity index (χ3n) is 3.61. The average molecular weight is 183 g/mol. The molecule has 1 unspecified atom stereocenters. The second kappa shape index (κ2) is 4.43. The Morgan fingerprint density at radius 2 is 1.92 bits per heavy atom. The number of hydrogen-bond donors (Lipinski definition) is 2. The van der Waals surface area contributed by atoms with Crippen molar-refractivity contribution in [3.05, 3.63) is 0 Å². The zero-order chi connectivity index (χ0) is 9.10. The van der Waals surface area contributed by atoms with Gasteiger partial charge in [0, 0.05) is 6.04 Å². The summed E-state index contributed by atoms with van der Waals surface area (Å²) in [6.45, 7) is 1.10. The molecule has 0 aromatic heterocycles. The third-order valence-corrected chi connectivity index (χ3v) is 3.61. The minimum atomic E-state index is -0.0781. The molecule has 0 aromatic carbocycles. The SMILES string of the molecule is OC(CC1CCCC1)[C@H]1CCCN1. The highest BCUT2D eigenvalue weighted by molar-refractivity contribution is 4.83. The van der Waals surface area contributed by atoms with Crippen molar-refractivity contribution in [1.29, 1.82) is 0 Å². The van der Waals surface area contributed by atoms with Gasteiger partial charge in [-0.05, 0) is 31.7 Å². The minimum absolute atomic E-state index is 0.0781. The lowest BCUT2D eigenvalue weighted by atomic mass is 9.95. The molecule has 2 heteroatoms. The van der Waals surface area contributed by atoms with Gasteiger partial charge in [0.2, 0.25) is 0 Å². The van der Waals surface area contributed by atoms with Gasteiger partial charge in [-0.25, -0.2) is 0 Å². The van der Waals surface area contributed by atoms with Gasteiger partial charge < -0.3 is 10.4 Å². The van der Waals surface area contributed by atoms with Gasteiger partial charge in [-0.15, -0.1) is 0 Å². The average Bonchev–Trinajstić information content (AvgIpc) is 2.74.